The molecule has 0 aromatic carbocycles. The fraction of sp³-hybridized carbons (Fsp3) is 0.889. The Labute approximate surface area is 79.1 Å². The summed E-state index contributed by atoms with van der Waals surface area (Å²) >= 11 is 0. The molecule has 2 unspecified atom stereocenters. The van der Waals surface area contributed by atoms with Gasteiger partial charge in [0.15, 0.2) is 0 Å². The molecule has 0 amide bonds. The molecule has 0 fully saturated rings. The van der Waals surface area contributed by atoms with Crippen LogP contribution in [0.5, 0.6) is 0 Å². The first-order valence-corrected chi connectivity index (χ1v) is 4.37. The molecule has 0 aromatic rings. The molecular formula is C9H19NO3. The molecule has 0 heterocycles. The van der Waals surface area contributed by atoms with E-state index in [4.69, 9.17) is 5.73 Å². The molecule has 2 atom stereocenters. The second-order valence-electron chi connectivity index (χ2n) is 3.85. The molecule has 0 aromatic heterocycles. The van der Waals surface area contributed by atoms with Crippen LogP contribution in [0.3, 0.4) is 0 Å². The third-order valence-electron chi connectivity index (χ3n) is 2.38. The average molecular weight is 189 g/mol. The Morgan fingerprint density at radius 3 is 2.38 bits per heavy atom. The highest BCUT2D eigenvalue weighted by molar-refractivity contribution is 5.75. The molecule has 0 rings (SSSR count). The highest BCUT2D eigenvalue weighted by atomic mass is 16.5. The fourth-order valence-corrected chi connectivity index (χ4v) is 0.916. The maximum Gasteiger partial charge on any atom is 0.322 e. The molecule has 0 radical (unpaired) electrons. The monoisotopic (exact) mass is 189 g/mol. The van der Waals surface area contributed by atoms with Gasteiger partial charge in [0.1, 0.15) is 6.04 Å². The number of carbonyl (C=O) groups is 1. The number of methoxy groups -OCH3 is 1. The third kappa shape index (κ3) is 3.74. The molecule has 3 N–H and O–H groups in total. The SMILES string of the molecule is COC(=O)C(N)CC(C)(O)C(C)C. The molecule has 0 aliphatic carbocycles. The lowest BCUT2D eigenvalue weighted by molar-refractivity contribution is -0.144. The van der Waals surface area contributed by atoms with Gasteiger partial charge in [0.2, 0.25) is 0 Å². The maximum atomic E-state index is 11.0. The summed E-state index contributed by atoms with van der Waals surface area (Å²) in [7, 11) is 1.28. The predicted octanol–water partition coefficient (Wildman–Crippen LogP) is 0.284. The van der Waals surface area contributed by atoms with Gasteiger partial charge in [0.05, 0.1) is 12.7 Å². The quantitative estimate of drug-likeness (QED) is 0.623. The van der Waals surface area contributed by atoms with Gasteiger partial charge >= 0.3 is 5.97 Å². The first-order valence-electron chi connectivity index (χ1n) is 4.37. The van der Waals surface area contributed by atoms with Gasteiger partial charge in [-0.05, 0) is 12.8 Å². The van der Waals surface area contributed by atoms with Crippen LogP contribution in [-0.2, 0) is 9.53 Å². The number of carbonyl (C=O) groups excluding carboxylic acids is 1. The van der Waals surface area contributed by atoms with E-state index < -0.39 is 17.6 Å². The smallest absolute Gasteiger partial charge is 0.322 e. The fourth-order valence-electron chi connectivity index (χ4n) is 0.916. The number of hydrogen-bond acceptors (Lipinski definition) is 4. The third-order valence-corrected chi connectivity index (χ3v) is 2.38. The van der Waals surface area contributed by atoms with Crippen LogP contribution in [0.1, 0.15) is 27.2 Å². The van der Waals surface area contributed by atoms with Crippen LogP contribution in [0.15, 0.2) is 0 Å². The maximum absolute atomic E-state index is 11.0. The predicted molar refractivity (Wildman–Crippen MR) is 50.1 cm³/mol. The van der Waals surface area contributed by atoms with Gasteiger partial charge in [0, 0.05) is 6.42 Å². The van der Waals surface area contributed by atoms with E-state index in [0.29, 0.717) is 0 Å². The Hall–Kier alpha value is -0.610. The zero-order valence-electron chi connectivity index (χ0n) is 8.70. The van der Waals surface area contributed by atoms with E-state index in [1.807, 2.05) is 13.8 Å². The summed E-state index contributed by atoms with van der Waals surface area (Å²) in [5.41, 5.74) is 4.59. The average Bonchev–Trinajstić information content (AvgIpc) is 2.01. The first-order chi connectivity index (χ1) is 5.81. The summed E-state index contributed by atoms with van der Waals surface area (Å²) in [4.78, 5) is 11.0. The number of nitrogens with two attached hydrogens (primary N) is 1. The molecular weight excluding hydrogens is 170 g/mol. The van der Waals surface area contributed by atoms with Crippen LogP contribution in [0.2, 0.25) is 0 Å². The number of esters is 1. The topological polar surface area (TPSA) is 72.5 Å². The van der Waals surface area contributed by atoms with Gasteiger partial charge in [-0.25, -0.2) is 0 Å². The molecule has 0 aliphatic heterocycles. The van der Waals surface area contributed by atoms with Crippen molar-refractivity contribution in [1.82, 2.24) is 0 Å². The Morgan fingerprint density at radius 1 is 1.62 bits per heavy atom. The largest absolute Gasteiger partial charge is 0.468 e. The van der Waals surface area contributed by atoms with Crippen LogP contribution < -0.4 is 5.73 Å². The first kappa shape index (κ1) is 12.4. The van der Waals surface area contributed by atoms with Crippen molar-refractivity contribution in [2.24, 2.45) is 11.7 Å². The van der Waals surface area contributed by atoms with Crippen molar-refractivity contribution in [1.29, 1.82) is 0 Å². The Bertz CT molecular complexity index is 178. The number of ether oxygens (including phenoxy) is 1. The van der Waals surface area contributed by atoms with Gasteiger partial charge in [-0.1, -0.05) is 13.8 Å². The number of aliphatic hydroxyl groups is 1. The van der Waals surface area contributed by atoms with E-state index in [-0.39, 0.29) is 12.3 Å². The van der Waals surface area contributed by atoms with Crippen molar-refractivity contribution in [2.75, 3.05) is 7.11 Å². The molecule has 0 saturated carbocycles. The van der Waals surface area contributed by atoms with Crippen LogP contribution >= 0.6 is 0 Å². The normalized spacial score (nSPS) is 18.1. The molecule has 0 bridgehead atoms. The minimum absolute atomic E-state index is 0.0585. The van der Waals surface area contributed by atoms with E-state index in [1.165, 1.54) is 7.11 Å². The summed E-state index contributed by atoms with van der Waals surface area (Å²) in [6.45, 7) is 5.43. The van der Waals surface area contributed by atoms with Gasteiger partial charge in [-0.3, -0.25) is 4.79 Å². The van der Waals surface area contributed by atoms with E-state index in [9.17, 15) is 9.90 Å². The lowest BCUT2D eigenvalue weighted by atomic mass is 9.86. The van der Waals surface area contributed by atoms with Crippen molar-refractivity contribution < 1.29 is 14.6 Å². The van der Waals surface area contributed by atoms with Crippen molar-refractivity contribution in [3.8, 4) is 0 Å². The molecule has 0 aliphatic rings. The van der Waals surface area contributed by atoms with E-state index >= 15 is 0 Å². The summed E-state index contributed by atoms with van der Waals surface area (Å²) in [6, 6.07) is -0.748. The van der Waals surface area contributed by atoms with E-state index in [0.717, 1.165) is 0 Å². The van der Waals surface area contributed by atoms with Crippen molar-refractivity contribution in [2.45, 2.75) is 38.8 Å². The van der Waals surface area contributed by atoms with Gasteiger partial charge in [-0.2, -0.15) is 0 Å². The Balaban J connectivity index is 4.19. The minimum Gasteiger partial charge on any atom is -0.468 e. The second kappa shape index (κ2) is 4.58. The van der Waals surface area contributed by atoms with Gasteiger partial charge < -0.3 is 15.6 Å². The van der Waals surface area contributed by atoms with Crippen molar-refractivity contribution >= 4 is 5.97 Å². The van der Waals surface area contributed by atoms with Gasteiger partial charge in [-0.15, -0.1) is 0 Å². The van der Waals surface area contributed by atoms with E-state index in [1.54, 1.807) is 6.92 Å². The van der Waals surface area contributed by atoms with Crippen LogP contribution in [0.4, 0.5) is 0 Å². The molecule has 4 nitrogen and oxygen atoms in total. The number of hydrogen-bond donors (Lipinski definition) is 2. The number of rotatable bonds is 4. The standard InChI is InChI=1S/C9H19NO3/c1-6(2)9(3,12)5-7(10)8(11)13-4/h6-7,12H,5,10H2,1-4H3. The zero-order chi connectivity index (χ0) is 10.6. The molecule has 78 valence electrons. The van der Waals surface area contributed by atoms with Crippen LogP contribution in [0.25, 0.3) is 0 Å². The molecule has 0 saturated heterocycles. The van der Waals surface area contributed by atoms with Gasteiger partial charge in [0.25, 0.3) is 0 Å². The second-order valence-corrected chi connectivity index (χ2v) is 3.85. The lowest BCUT2D eigenvalue weighted by Gasteiger charge is -2.29. The van der Waals surface area contributed by atoms with Crippen molar-refractivity contribution in [3.05, 3.63) is 0 Å². The lowest BCUT2D eigenvalue weighted by Crippen LogP contribution is -2.43. The highest BCUT2D eigenvalue weighted by Crippen LogP contribution is 2.21. The Kier molecular flexibility index (Phi) is 4.36. The highest BCUT2D eigenvalue weighted by Gasteiger charge is 2.30. The molecule has 13 heavy (non-hydrogen) atoms. The summed E-state index contributed by atoms with van der Waals surface area (Å²) in [5, 5.41) is 9.82. The molecule has 4 heteroatoms. The van der Waals surface area contributed by atoms with Crippen LogP contribution in [0, 0.1) is 5.92 Å². The molecule has 0 spiro atoms. The van der Waals surface area contributed by atoms with E-state index in [2.05, 4.69) is 4.74 Å². The summed E-state index contributed by atoms with van der Waals surface area (Å²) in [5.74, 6) is -0.427. The zero-order valence-corrected chi connectivity index (χ0v) is 8.70. The Morgan fingerprint density at radius 2 is 2.08 bits per heavy atom. The van der Waals surface area contributed by atoms with Crippen molar-refractivity contribution in [3.63, 3.8) is 0 Å². The summed E-state index contributed by atoms with van der Waals surface area (Å²) < 4.78 is 4.46. The minimum atomic E-state index is -0.923. The summed E-state index contributed by atoms with van der Waals surface area (Å²) in [6.07, 6.45) is 0.220. The van der Waals surface area contributed by atoms with Crippen LogP contribution in [-0.4, -0.2) is 29.8 Å².